The molecule has 0 bridgehead atoms. The summed E-state index contributed by atoms with van der Waals surface area (Å²) in [5, 5.41) is 10.4. The molecule has 0 saturated carbocycles. The Bertz CT molecular complexity index is 575. The lowest BCUT2D eigenvalue weighted by Crippen LogP contribution is -2.43. The number of halogens is 1. The number of esters is 1. The number of piperidine rings is 1. The number of nitrogens with one attached hydrogen (secondary N) is 2. The van der Waals surface area contributed by atoms with Crippen LogP contribution in [0.15, 0.2) is 0 Å². The largest absolute Gasteiger partial charge is 0.466 e. The van der Waals surface area contributed by atoms with Crippen molar-refractivity contribution in [1.82, 2.24) is 20.4 Å². The summed E-state index contributed by atoms with van der Waals surface area (Å²) in [6.07, 6.45) is 2.46. The number of H-pyrrole nitrogens is 1. The SMILES string of the molecule is CCOC(=O)C1CCCN(C(=O)c2n[nH]c3c2CNCC3)C1.Cl. The predicted octanol–water partition coefficient (Wildman–Crippen LogP) is 0.892. The third-order valence-electron chi connectivity index (χ3n) is 4.34. The van der Waals surface area contributed by atoms with Gasteiger partial charge in [0.05, 0.1) is 12.5 Å². The number of nitrogens with zero attached hydrogens (tertiary/aromatic N) is 2. The molecule has 1 amide bonds. The van der Waals surface area contributed by atoms with E-state index in [-0.39, 0.29) is 30.2 Å². The number of carbonyl (C=O) groups is 2. The minimum Gasteiger partial charge on any atom is -0.466 e. The minimum absolute atomic E-state index is 0. The van der Waals surface area contributed by atoms with Crippen LogP contribution in [0.2, 0.25) is 0 Å². The van der Waals surface area contributed by atoms with Crippen molar-refractivity contribution in [3.63, 3.8) is 0 Å². The van der Waals surface area contributed by atoms with Gasteiger partial charge in [0.15, 0.2) is 5.69 Å². The molecular formula is C15H23ClN4O3. The average molecular weight is 343 g/mol. The summed E-state index contributed by atoms with van der Waals surface area (Å²) in [5.41, 5.74) is 2.50. The lowest BCUT2D eigenvalue weighted by Gasteiger charge is -2.31. The van der Waals surface area contributed by atoms with Crippen molar-refractivity contribution in [2.45, 2.75) is 32.7 Å². The highest BCUT2D eigenvalue weighted by Gasteiger charge is 2.32. The fourth-order valence-electron chi connectivity index (χ4n) is 3.17. The number of aromatic amines is 1. The molecule has 2 aliphatic heterocycles. The Balaban J connectivity index is 0.00000192. The lowest BCUT2D eigenvalue weighted by molar-refractivity contribution is -0.149. The number of ether oxygens (including phenoxy) is 1. The summed E-state index contributed by atoms with van der Waals surface area (Å²) in [7, 11) is 0. The molecule has 0 spiro atoms. The smallest absolute Gasteiger partial charge is 0.310 e. The first kappa shape index (κ1) is 17.7. The number of amides is 1. The number of aromatic nitrogens is 2. The second kappa shape index (κ2) is 7.79. The summed E-state index contributed by atoms with van der Waals surface area (Å²) in [6.45, 7) is 4.84. The lowest BCUT2D eigenvalue weighted by atomic mass is 9.97. The van der Waals surface area contributed by atoms with Gasteiger partial charge >= 0.3 is 5.97 Å². The maximum atomic E-state index is 12.7. The molecule has 1 saturated heterocycles. The second-order valence-corrected chi connectivity index (χ2v) is 5.80. The van der Waals surface area contributed by atoms with Crippen LogP contribution in [-0.2, 0) is 22.5 Å². The molecule has 1 fully saturated rings. The Labute approximate surface area is 141 Å². The molecule has 128 valence electrons. The van der Waals surface area contributed by atoms with Gasteiger partial charge in [-0.1, -0.05) is 0 Å². The number of likely N-dealkylation sites (tertiary alicyclic amines) is 1. The van der Waals surface area contributed by atoms with Crippen LogP contribution in [0.5, 0.6) is 0 Å². The Morgan fingerprint density at radius 3 is 3.04 bits per heavy atom. The second-order valence-electron chi connectivity index (χ2n) is 5.80. The summed E-state index contributed by atoms with van der Waals surface area (Å²) in [6, 6.07) is 0. The van der Waals surface area contributed by atoms with Crippen molar-refractivity contribution < 1.29 is 14.3 Å². The summed E-state index contributed by atoms with van der Waals surface area (Å²) in [4.78, 5) is 26.3. The van der Waals surface area contributed by atoms with E-state index in [1.165, 1.54) is 0 Å². The van der Waals surface area contributed by atoms with E-state index in [4.69, 9.17) is 4.74 Å². The molecule has 0 radical (unpaired) electrons. The maximum absolute atomic E-state index is 12.7. The first-order chi connectivity index (χ1) is 10.7. The number of carbonyl (C=O) groups excluding carboxylic acids is 2. The Morgan fingerprint density at radius 2 is 2.26 bits per heavy atom. The highest BCUT2D eigenvalue weighted by Crippen LogP contribution is 2.22. The van der Waals surface area contributed by atoms with Crippen LogP contribution in [0.3, 0.4) is 0 Å². The van der Waals surface area contributed by atoms with Crippen LogP contribution >= 0.6 is 12.4 Å². The number of hydrogen-bond donors (Lipinski definition) is 2. The Kier molecular flexibility index (Phi) is 6.01. The first-order valence-corrected chi connectivity index (χ1v) is 7.93. The van der Waals surface area contributed by atoms with Gasteiger partial charge in [0.25, 0.3) is 5.91 Å². The Hall–Kier alpha value is -1.60. The molecule has 8 heteroatoms. The summed E-state index contributed by atoms with van der Waals surface area (Å²) in [5.74, 6) is -0.508. The monoisotopic (exact) mass is 342 g/mol. The van der Waals surface area contributed by atoms with Crippen molar-refractivity contribution in [1.29, 1.82) is 0 Å². The molecule has 1 aromatic heterocycles. The van der Waals surface area contributed by atoms with Crippen molar-refractivity contribution >= 4 is 24.3 Å². The van der Waals surface area contributed by atoms with Crippen LogP contribution in [0.25, 0.3) is 0 Å². The van der Waals surface area contributed by atoms with Crippen molar-refractivity contribution in [2.24, 2.45) is 5.92 Å². The predicted molar refractivity (Wildman–Crippen MR) is 86.5 cm³/mol. The van der Waals surface area contributed by atoms with Gasteiger partial charge in [-0.15, -0.1) is 12.4 Å². The molecule has 2 aliphatic rings. The third-order valence-corrected chi connectivity index (χ3v) is 4.34. The standard InChI is InChI=1S/C15H22N4O3.ClH/c1-2-22-15(21)10-4-3-7-19(9-10)14(20)13-11-8-16-6-5-12(11)17-18-13;/h10,16H,2-9H2,1H3,(H,17,18);1H. The molecule has 3 rings (SSSR count). The highest BCUT2D eigenvalue weighted by atomic mass is 35.5. The van der Waals surface area contributed by atoms with Crippen LogP contribution < -0.4 is 5.32 Å². The van der Waals surface area contributed by atoms with Crippen molar-refractivity contribution in [3.05, 3.63) is 17.0 Å². The fourth-order valence-corrected chi connectivity index (χ4v) is 3.17. The van der Waals surface area contributed by atoms with Crippen LogP contribution in [0, 0.1) is 5.92 Å². The average Bonchev–Trinajstić information content (AvgIpc) is 2.98. The molecule has 1 aromatic rings. The molecule has 0 aromatic carbocycles. The van der Waals surface area contributed by atoms with E-state index in [1.807, 2.05) is 0 Å². The normalized spacial score (nSPS) is 20.4. The van der Waals surface area contributed by atoms with E-state index in [0.717, 1.165) is 37.1 Å². The molecule has 3 heterocycles. The quantitative estimate of drug-likeness (QED) is 0.797. The van der Waals surface area contributed by atoms with Crippen LogP contribution in [0.4, 0.5) is 0 Å². The summed E-state index contributed by atoms with van der Waals surface area (Å²) >= 11 is 0. The van der Waals surface area contributed by atoms with Gasteiger partial charge < -0.3 is 15.0 Å². The maximum Gasteiger partial charge on any atom is 0.310 e. The van der Waals surface area contributed by atoms with Gasteiger partial charge in [0, 0.05) is 43.9 Å². The zero-order chi connectivity index (χ0) is 15.5. The van der Waals surface area contributed by atoms with Gasteiger partial charge in [-0.3, -0.25) is 14.7 Å². The van der Waals surface area contributed by atoms with E-state index in [9.17, 15) is 9.59 Å². The van der Waals surface area contributed by atoms with E-state index in [1.54, 1.807) is 11.8 Å². The van der Waals surface area contributed by atoms with E-state index in [0.29, 0.717) is 31.9 Å². The zero-order valence-electron chi connectivity index (χ0n) is 13.3. The first-order valence-electron chi connectivity index (χ1n) is 7.93. The molecule has 23 heavy (non-hydrogen) atoms. The van der Waals surface area contributed by atoms with Gasteiger partial charge in [0.1, 0.15) is 0 Å². The number of hydrogen-bond acceptors (Lipinski definition) is 5. The van der Waals surface area contributed by atoms with Gasteiger partial charge in [-0.05, 0) is 19.8 Å². The number of rotatable bonds is 3. The van der Waals surface area contributed by atoms with Gasteiger partial charge in [0.2, 0.25) is 0 Å². The molecule has 1 atom stereocenters. The van der Waals surface area contributed by atoms with Gasteiger partial charge in [-0.2, -0.15) is 5.10 Å². The fraction of sp³-hybridized carbons (Fsp3) is 0.667. The van der Waals surface area contributed by atoms with Gasteiger partial charge in [-0.25, -0.2) is 0 Å². The highest BCUT2D eigenvalue weighted by molar-refractivity contribution is 5.94. The zero-order valence-corrected chi connectivity index (χ0v) is 14.1. The van der Waals surface area contributed by atoms with E-state index < -0.39 is 0 Å². The summed E-state index contributed by atoms with van der Waals surface area (Å²) < 4.78 is 5.08. The molecule has 0 aliphatic carbocycles. The topological polar surface area (TPSA) is 87.3 Å². The third kappa shape index (κ3) is 3.67. The van der Waals surface area contributed by atoms with E-state index >= 15 is 0 Å². The molecule has 2 N–H and O–H groups in total. The Morgan fingerprint density at radius 1 is 1.43 bits per heavy atom. The van der Waals surface area contributed by atoms with Crippen LogP contribution in [0.1, 0.15) is 41.5 Å². The van der Waals surface area contributed by atoms with Crippen LogP contribution in [-0.4, -0.2) is 53.2 Å². The number of fused-ring (bicyclic) bond motifs is 1. The minimum atomic E-state index is -0.217. The molecule has 7 nitrogen and oxygen atoms in total. The van der Waals surface area contributed by atoms with Crippen molar-refractivity contribution in [3.8, 4) is 0 Å². The van der Waals surface area contributed by atoms with Crippen molar-refractivity contribution in [2.75, 3.05) is 26.2 Å². The molecule has 1 unspecified atom stereocenters. The molecular weight excluding hydrogens is 320 g/mol. The van der Waals surface area contributed by atoms with E-state index in [2.05, 4.69) is 15.5 Å².